The molecule has 2 aromatic heterocycles. The van der Waals surface area contributed by atoms with Gasteiger partial charge in [0.1, 0.15) is 11.9 Å². The predicted octanol–water partition coefficient (Wildman–Crippen LogP) is 2.39. The Labute approximate surface area is 135 Å². The van der Waals surface area contributed by atoms with Crippen molar-refractivity contribution in [3.05, 3.63) is 24.2 Å². The summed E-state index contributed by atoms with van der Waals surface area (Å²) in [5, 5.41) is 3.70. The minimum atomic E-state index is -3.20. The van der Waals surface area contributed by atoms with Gasteiger partial charge in [0.2, 0.25) is 5.88 Å². The maximum absolute atomic E-state index is 11.3. The molecule has 0 atom stereocenters. The van der Waals surface area contributed by atoms with Gasteiger partial charge in [0.05, 0.1) is 0 Å². The van der Waals surface area contributed by atoms with Gasteiger partial charge >= 0.3 is 0 Å². The lowest BCUT2D eigenvalue weighted by Crippen LogP contribution is -2.20. The number of hydrogen-bond donors (Lipinski definition) is 0. The van der Waals surface area contributed by atoms with Crippen LogP contribution in [0.2, 0.25) is 0 Å². The predicted molar refractivity (Wildman–Crippen MR) is 83.6 cm³/mol. The molecule has 1 fully saturated rings. The Morgan fingerprint density at radius 1 is 1.30 bits per heavy atom. The fourth-order valence-corrected chi connectivity index (χ4v) is 3.21. The largest absolute Gasteiger partial charge is 0.474 e. The van der Waals surface area contributed by atoms with E-state index in [1.54, 1.807) is 18.3 Å². The monoisotopic (exact) mass is 337 g/mol. The molecule has 0 N–H and O–H groups in total. The molecule has 0 aliphatic heterocycles. The molecule has 0 aromatic carbocycles. The number of hydrogen-bond acceptors (Lipinski definition) is 7. The van der Waals surface area contributed by atoms with Crippen molar-refractivity contribution in [2.75, 3.05) is 6.26 Å². The highest BCUT2D eigenvalue weighted by atomic mass is 32.2. The van der Waals surface area contributed by atoms with Gasteiger partial charge in [0.15, 0.2) is 15.7 Å². The zero-order valence-electron chi connectivity index (χ0n) is 12.9. The second-order valence-electron chi connectivity index (χ2n) is 5.85. The summed E-state index contributed by atoms with van der Waals surface area (Å²) < 4.78 is 33.6. The third-order valence-electron chi connectivity index (χ3n) is 3.68. The number of nitrogens with zero attached hydrogens (tertiary/aromatic N) is 3. The van der Waals surface area contributed by atoms with Crippen LogP contribution in [-0.4, -0.2) is 35.9 Å². The Morgan fingerprint density at radius 3 is 2.83 bits per heavy atom. The highest BCUT2D eigenvalue weighted by Crippen LogP contribution is 2.25. The summed E-state index contributed by atoms with van der Waals surface area (Å²) in [5.74, 6) is 0.693. The molecule has 8 heteroatoms. The molecular formula is C15H19N3O4S. The van der Waals surface area contributed by atoms with E-state index in [2.05, 4.69) is 15.1 Å². The van der Waals surface area contributed by atoms with Crippen LogP contribution in [0.4, 0.5) is 0 Å². The minimum absolute atomic E-state index is 0.147. The first-order valence-corrected chi connectivity index (χ1v) is 9.69. The zero-order valence-corrected chi connectivity index (χ0v) is 13.8. The molecule has 7 nitrogen and oxygen atoms in total. The molecule has 23 heavy (non-hydrogen) atoms. The van der Waals surface area contributed by atoms with Gasteiger partial charge < -0.3 is 9.26 Å². The SMILES string of the molecule is CS(=O)(=O)Cc1noc(-c2ccnc(OC3CCCCC3)c2)n1. The van der Waals surface area contributed by atoms with Crippen LogP contribution >= 0.6 is 0 Å². The Bertz CT molecular complexity index is 767. The molecule has 1 aliphatic carbocycles. The van der Waals surface area contributed by atoms with Crippen molar-refractivity contribution in [2.24, 2.45) is 0 Å². The lowest BCUT2D eigenvalue weighted by atomic mass is 9.98. The van der Waals surface area contributed by atoms with Gasteiger partial charge in [-0.25, -0.2) is 13.4 Å². The Morgan fingerprint density at radius 2 is 2.09 bits per heavy atom. The molecule has 0 radical (unpaired) electrons. The van der Waals surface area contributed by atoms with Crippen LogP contribution in [0.3, 0.4) is 0 Å². The van der Waals surface area contributed by atoms with Gasteiger partial charge in [0, 0.05) is 24.1 Å². The molecule has 0 saturated heterocycles. The van der Waals surface area contributed by atoms with Crippen LogP contribution in [-0.2, 0) is 15.6 Å². The maximum Gasteiger partial charge on any atom is 0.258 e. The summed E-state index contributed by atoms with van der Waals surface area (Å²) in [7, 11) is -3.20. The molecule has 0 amide bonds. The maximum atomic E-state index is 11.3. The van der Waals surface area contributed by atoms with E-state index < -0.39 is 9.84 Å². The first-order chi connectivity index (χ1) is 11.0. The molecule has 1 aliphatic rings. The van der Waals surface area contributed by atoms with Crippen molar-refractivity contribution in [2.45, 2.75) is 44.0 Å². The van der Waals surface area contributed by atoms with E-state index in [1.807, 2.05) is 0 Å². The van der Waals surface area contributed by atoms with Crippen LogP contribution in [0.1, 0.15) is 37.9 Å². The van der Waals surface area contributed by atoms with Gasteiger partial charge in [-0.1, -0.05) is 11.6 Å². The highest BCUT2D eigenvalue weighted by Gasteiger charge is 2.17. The summed E-state index contributed by atoms with van der Waals surface area (Å²) in [6, 6.07) is 3.47. The lowest BCUT2D eigenvalue weighted by Gasteiger charge is -2.22. The van der Waals surface area contributed by atoms with E-state index in [-0.39, 0.29) is 23.6 Å². The summed E-state index contributed by atoms with van der Waals surface area (Å²) in [6.45, 7) is 0. The van der Waals surface area contributed by atoms with Crippen LogP contribution in [0.15, 0.2) is 22.9 Å². The van der Waals surface area contributed by atoms with Crippen molar-refractivity contribution >= 4 is 9.84 Å². The van der Waals surface area contributed by atoms with Crippen LogP contribution in [0.25, 0.3) is 11.5 Å². The van der Waals surface area contributed by atoms with E-state index in [0.717, 1.165) is 19.1 Å². The highest BCUT2D eigenvalue weighted by molar-refractivity contribution is 7.89. The van der Waals surface area contributed by atoms with Crippen molar-refractivity contribution in [3.8, 4) is 17.3 Å². The molecule has 124 valence electrons. The van der Waals surface area contributed by atoms with Gasteiger partial charge in [0.25, 0.3) is 5.89 Å². The average molecular weight is 337 g/mol. The molecule has 0 bridgehead atoms. The smallest absolute Gasteiger partial charge is 0.258 e. The van der Waals surface area contributed by atoms with Gasteiger partial charge in [-0.05, 0) is 31.7 Å². The summed E-state index contributed by atoms with van der Waals surface area (Å²) in [5.41, 5.74) is 0.665. The third-order valence-corrected chi connectivity index (χ3v) is 4.46. The first kappa shape index (κ1) is 15.9. The zero-order chi connectivity index (χ0) is 16.3. The normalized spacial score (nSPS) is 16.4. The first-order valence-electron chi connectivity index (χ1n) is 7.63. The van der Waals surface area contributed by atoms with E-state index >= 15 is 0 Å². The van der Waals surface area contributed by atoms with Crippen molar-refractivity contribution in [1.82, 2.24) is 15.1 Å². The van der Waals surface area contributed by atoms with Gasteiger partial charge in [-0.15, -0.1) is 0 Å². The Hall–Kier alpha value is -1.96. The van der Waals surface area contributed by atoms with Gasteiger partial charge in [-0.2, -0.15) is 4.98 Å². The Balaban J connectivity index is 1.74. The van der Waals surface area contributed by atoms with Gasteiger partial charge in [-0.3, -0.25) is 0 Å². The van der Waals surface area contributed by atoms with Crippen LogP contribution in [0.5, 0.6) is 5.88 Å². The van der Waals surface area contributed by atoms with E-state index in [4.69, 9.17) is 9.26 Å². The molecule has 0 unspecified atom stereocenters. The van der Waals surface area contributed by atoms with Crippen molar-refractivity contribution < 1.29 is 17.7 Å². The molecular weight excluding hydrogens is 318 g/mol. The number of aromatic nitrogens is 3. The quantitative estimate of drug-likeness (QED) is 0.826. The molecule has 0 spiro atoms. The summed E-state index contributed by atoms with van der Waals surface area (Å²) in [4.78, 5) is 8.33. The number of pyridine rings is 1. The second kappa shape index (κ2) is 6.66. The lowest BCUT2D eigenvalue weighted by molar-refractivity contribution is 0.148. The number of rotatable bonds is 5. The fraction of sp³-hybridized carbons (Fsp3) is 0.533. The standard InChI is InChI=1S/C15H19N3O4S/c1-23(19,20)10-13-17-15(22-18-13)11-7-8-16-14(9-11)21-12-5-3-2-4-6-12/h7-9,12H,2-6,10H2,1H3. The molecule has 2 aromatic rings. The van der Waals surface area contributed by atoms with E-state index in [1.165, 1.54) is 19.3 Å². The number of ether oxygens (including phenoxy) is 1. The summed E-state index contributed by atoms with van der Waals surface area (Å²) >= 11 is 0. The molecule has 2 heterocycles. The Kier molecular flexibility index (Phi) is 4.61. The molecule has 1 saturated carbocycles. The second-order valence-corrected chi connectivity index (χ2v) is 7.99. The van der Waals surface area contributed by atoms with E-state index in [9.17, 15) is 8.42 Å². The molecule has 3 rings (SSSR count). The summed E-state index contributed by atoms with van der Waals surface area (Å²) in [6.07, 6.45) is 8.68. The van der Waals surface area contributed by atoms with Crippen LogP contribution < -0.4 is 4.74 Å². The number of sulfone groups is 1. The topological polar surface area (TPSA) is 95.2 Å². The minimum Gasteiger partial charge on any atom is -0.474 e. The average Bonchev–Trinajstić information content (AvgIpc) is 2.95. The van der Waals surface area contributed by atoms with Crippen LogP contribution in [0, 0.1) is 0 Å². The van der Waals surface area contributed by atoms with Crippen molar-refractivity contribution in [3.63, 3.8) is 0 Å². The van der Waals surface area contributed by atoms with E-state index in [0.29, 0.717) is 11.4 Å². The third kappa shape index (κ3) is 4.51. The fourth-order valence-electron chi connectivity index (χ4n) is 2.63. The van der Waals surface area contributed by atoms with Crippen molar-refractivity contribution in [1.29, 1.82) is 0 Å².